The van der Waals surface area contributed by atoms with E-state index in [0.29, 0.717) is 25.3 Å². The number of nitrogens with two attached hydrogens (primary N) is 1. The van der Waals surface area contributed by atoms with Gasteiger partial charge >= 0.3 is 0 Å². The van der Waals surface area contributed by atoms with E-state index < -0.39 is 9.84 Å². The normalized spacial score (nSPS) is 10.6. The summed E-state index contributed by atoms with van der Waals surface area (Å²) in [6, 6.07) is 6.25. The lowest BCUT2D eigenvalue weighted by Gasteiger charge is -2.16. The lowest BCUT2D eigenvalue weighted by atomic mass is 10.3. The second-order valence-corrected chi connectivity index (χ2v) is 6.48. The Kier molecular flexibility index (Phi) is 8.31. The monoisotopic (exact) mass is 336 g/mol. The quantitative estimate of drug-likeness (QED) is 0.740. The van der Waals surface area contributed by atoms with Crippen LogP contribution >= 0.6 is 12.4 Å². The molecular weight excluding hydrogens is 316 g/mol. The van der Waals surface area contributed by atoms with Crippen molar-refractivity contribution in [2.45, 2.75) is 11.3 Å². The van der Waals surface area contributed by atoms with E-state index in [1.165, 1.54) is 12.1 Å². The van der Waals surface area contributed by atoms with Gasteiger partial charge in [-0.25, -0.2) is 8.42 Å². The van der Waals surface area contributed by atoms with E-state index in [1.807, 2.05) is 0 Å². The Balaban J connectivity index is 0.00000400. The number of ether oxygens (including phenoxy) is 1. The maximum Gasteiger partial charge on any atom is 0.236 e. The van der Waals surface area contributed by atoms with Crippen LogP contribution in [0.15, 0.2) is 29.2 Å². The molecule has 120 valence electrons. The molecule has 8 heteroatoms. The minimum Gasteiger partial charge on any atom is -0.494 e. The Morgan fingerprint density at radius 2 is 1.86 bits per heavy atom. The Bertz CT molecular complexity index is 546. The number of hydrogen-bond acceptors (Lipinski definition) is 5. The van der Waals surface area contributed by atoms with E-state index in [-0.39, 0.29) is 29.8 Å². The first-order valence-corrected chi connectivity index (χ1v) is 8.10. The van der Waals surface area contributed by atoms with E-state index in [0.717, 1.165) is 6.26 Å². The molecule has 21 heavy (non-hydrogen) atoms. The van der Waals surface area contributed by atoms with Crippen molar-refractivity contribution < 1.29 is 17.9 Å². The standard InChI is InChI=1S/C13H20N2O4S.ClH/c1-15(13(16)10-14)8-3-9-19-11-4-6-12(7-5-11)20(2,17)18;/h4-7H,3,8-10,14H2,1-2H3;1H. The molecular formula is C13H21ClN2O4S. The van der Waals surface area contributed by atoms with Gasteiger partial charge in [0, 0.05) is 19.8 Å². The molecule has 0 aliphatic rings. The molecule has 0 bridgehead atoms. The third-order valence-electron chi connectivity index (χ3n) is 2.76. The van der Waals surface area contributed by atoms with Crippen LogP contribution in [-0.4, -0.2) is 52.2 Å². The summed E-state index contributed by atoms with van der Waals surface area (Å²) in [4.78, 5) is 13.0. The van der Waals surface area contributed by atoms with Gasteiger partial charge in [-0.15, -0.1) is 12.4 Å². The van der Waals surface area contributed by atoms with Gasteiger partial charge in [-0.3, -0.25) is 4.79 Å². The average molecular weight is 337 g/mol. The summed E-state index contributed by atoms with van der Waals surface area (Å²) in [6.07, 6.45) is 1.84. The van der Waals surface area contributed by atoms with E-state index in [1.54, 1.807) is 24.1 Å². The lowest BCUT2D eigenvalue weighted by molar-refractivity contribution is -0.128. The molecule has 0 aliphatic heterocycles. The molecule has 0 fully saturated rings. The number of amides is 1. The van der Waals surface area contributed by atoms with Crippen LogP contribution in [0.4, 0.5) is 0 Å². The molecule has 1 aromatic carbocycles. The summed E-state index contributed by atoms with van der Waals surface area (Å²) in [7, 11) is -1.49. The highest BCUT2D eigenvalue weighted by Crippen LogP contribution is 2.15. The summed E-state index contributed by atoms with van der Waals surface area (Å²) in [5, 5.41) is 0. The Morgan fingerprint density at radius 1 is 1.29 bits per heavy atom. The average Bonchev–Trinajstić information content (AvgIpc) is 2.42. The molecule has 6 nitrogen and oxygen atoms in total. The molecule has 1 aromatic rings. The Labute approximate surface area is 131 Å². The van der Waals surface area contributed by atoms with Gasteiger partial charge in [0.15, 0.2) is 9.84 Å². The molecule has 0 heterocycles. The molecule has 0 saturated carbocycles. The van der Waals surface area contributed by atoms with Crippen molar-refractivity contribution in [2.75, 3.05) is 33.0 Å². The SMILES string of the molecule is CN(CCCOc1ccc(S(C)(=O)=O)cc1)C(=O)CN.Cl. The van der Waals surface area contributed by atoms with Crippen molar-refractivity contribution in [3.63, 3.8) is 0 Å². The van der Waals surface area contributed by atoms with Crippen LogP contribution in [0, 0.1) is 0 Å². The molecule has 0 aliphatic carbocycles. The van der Waals surface area contributed by atoms with Crippen LogP contribution in [0.1, 0.15) is 6.42 Å². The summed E-state index contributed by atoms with van der Waals surface area (Å²) in [5.74, 6) is 0.493. The number of rotatable bonds is 7. The molecule has 0 spiro atoms. The molecule has 0 atom stereocenters. The van der Waals surface area contributed by atoms with Crippen molar-refractivity contribution in [3.05, 3.63) is 24.3 Å². The summed E-state index contributed by atoms with van der Waals surface area (Å²) in [6.45, 7) is 1.02. The molecule has 0 aromatic heterocycles. The van der Waals surface area contributed by atoms with Crippen LogP contribution in [0.3, 0.4) is 0 Å². The molecule has 0 radical (unpaired) electrons. The van der Waals surface area contributed by atoms with Crippen molar-refractivity contribution in [3.8, 4) is 5.75 Å². The van der Waals surface area contributed by atoms with Gasteiger partial charge in [0.1, 0.15) is 5.75 Å². The fraction of sp³-hybridized carbons (Fsp3) is 0.462. The second-order valence-electron chi connectivity index (χ2n) is 4.47. The molecule has 1 amide bonds. The van der Waals surface area contributed by atoms with Gasteiger partial charge in [0.2, 0.25) is 5.91 Å². The van der Waals surface area contributed by atoms with Crippen molar-refractivity contribution in [1.29, 1.82) is 0 Å². The zero-order valence-corrected chi connectivity index (χ0v) is 13.7. The highest BCUT2D eigenvalue weighted by molar-refractivity contribution is 7.90. The van der Waals surface area contributed by atoms with E-state index >= 15 is 0 Å². The molecule has 1 rings (SSSR count). The van der Waals surface area contributed by atoms with Gasteiger partial charge in [0.05, 0.1) is 18.0 Å². The number of nitrogens with zero attached hydrogens (tertiary/aromatic N) is 1. The van der Waals surface area contributed by atoms with Crippen molar-refractivity contribution >= 4 is 28.2 Å². The summed E-state index contributed by atoms with van der Waals surface area (Å²) >= 11 is 0. The van der Waals surface area contributed by atoms with E-state index in [9.17, 15) is 13.2 Å². The van der Waals surface area contributed by atoms with Crippen LogP contribution < -0.4 is 10.5 Å². The van der Waals surface area contributed by atoms with E-state index in [4.69, 9.17) is 10.5 Å². The van der Waals surface area contributed by atoms with Gasteiger partial charge in [-0.05, 0) is 30.7 Å². The maximum atomic E-state index is 11.3. The minimum atomic E-state index is -3.18. The van der Waals surface area contributed by atoms with Crippen LogP contribution in [0.2, 0.25) is 0 Å². The maximum absolute atomic E-state index is 11.3. The first-order valence-electron chi connectivity index (χ1n) is 6.21. The number of halogens is 1. The van der Waals surface area contributed by atoms with Crippen LogP contribution in [-0.2, 0) is 14.6 Å². The third kappa shape index (κ3) is 6.79. The number of sulfone groups is 1. The predicted octanol–water partition coefficient (Wildman–Crippen LogP) is 0.698. The van der Waals surface area contributed by atoms with E-state index in [2.05, 4.69) is 0 Å². The number of carbonyl (C=O) groups is 1. The fourth-order valence-corrected chi connectivity index (χ4v) is 2.19. The number of hydrogen-bond donors (Lipinski definition) is 1. The Morgan fingerprint density at radius 3 is 2.33 bits per heavy atom. The topological polar surface area (TPSA) is 89.7 Å². The van der Waals surface area contributed by atoms with Crippen molar-refractivity contribution in [1.82, 2.24) is 4.90 Å². The summed E-state index contributed by atoms with van der Waals surface area (Å²) < 4.78 is 28.0. The summed E-state index contributed by atoms with van der Waals surface area (Å²) in [5.41, 5.74) is 5.25. The lowest BCUT2D eigenvalue weighted by Crippen LogP contribution is -2.33. The zero-order chi connectivity index (χ0) is 15.2. The molecule has 0 saturated heterocycles. The predicted molar refractivity (Wildman–Crippen MR) is 83.6 cm³/mol. The van der Waals surface area contributed by atoms with Gasteiger partial charge < -0.3 is 15.4 Å². The highest BCUT2D eigenvalue weighted by Gasteiger charge is 2.07. The van der Waals surface area contributed by atoms with Crippen molar-refractivity contribution in [2.24, 2.45) is 5.73 Å². The van der Waals surface area contributed by atoms with Crippen LogP contribution in [0.25, 0.3) is 0 Å². The molecule has 0 unspecified atom stereocenters. The third-order valence-corrected chi connectivity index (χ3v) is 3.89. The minimum absolute atomic E-state index is 0. The highest BCUT2D eigenvalue weighted by atomic mass is 35.5. The first-order chi connectivity index (χ1) is 9.34. The molecule has 2 N–H and O–H groups in total. The largest absolute Gasteiger partial charge is 0.494 e. The van der Waals surface area contributed by atoms with Gasteiger partial charge in [-0.1, -0.05) is 0 Å². The number of carbonyl (C=O) groups excluding carboxylic acids is 1. The van der Waals surface area contributed by atoms with Gasteiger partial charge in [-0.2, -0.15) is 0 Å². The Hall–Kier alpha value is -1.31. The first kappa shape index (κ1) is 19.7. The van der Waals surface area contributed by atoms with Gasteiger partial charge in [0.25, 0.3) is 0 Å². The number of benzene rings is 1. The van der Waals surface area contributed by atoms with Crippen LogP contribution in [0.5, 0.6) is 5.75 Å². The second kappa shape index (κ2) is 8.86. The fourth-order valence-electron chi connectivity index (χ4n) is 1.56. The smallest absolute Gasteiger partial charge is 0.236 e. The zero-order valence-electron chi connectivity index (χ0n) is 12.1. The number of likely N-dealkylation sites (N-methyl/N-ethyl adjacent to an activating group) is 1.